The molecule has 5 aromatic carbocycles. The zero-order valence-corrected chi connectivity index (χ0v) is 31.9. The van der Waals surface area contributed by atoms with Gasteiger partial charge in [0.2, 0.25) is 0 Å². The minimum Gasteiger partial charge on any atom is -0.0835 e. The second kappa shape index (κ2) is 18.0. The van der Waals surface area contributed by atoms with Gasteiger partial charge in [-0.1, -0.05) is 192 Å². The van der Waals surface area contributed by atoms with Crippen LogP contribution >= 0.6 is 0 Å². The summed E-state index contributed by atoms with van der Waals surface area (Å²) in [5.41, 5.74) is 16.2. The van der Waals surface area contributed by atoms with Gasteiger partial charge in [-0.2, -0.15) is 0 Å². The van der Waals surface area contributed by atoms with Gasteiger partial charge in [-0.3, -0.25) is 0 Å². The Morgan fingerprint density at radius 2 is 1.04 bits per heavy atom. The third-order valence-corrected chi connectivity index (χ3v) is 11.2. The molecule has 0 heteroatoms. The molecule has 0 aromatic heterocycles. The van der Waals surface area contributed by atoms with Crippen molar-refractivity contribution < 1.29 is 0 Å². The number of hydrogen-bond donors (Lipinski definition) is 0. The van der Waals surface area contributed by atoms with Crippen LogP contribution in [0.4, 0.5) is 0 Å². The summed E-state index contributed by atoms with van der Waals surface area (Å²) in [5, 5.41) is 0. The van der Waals surface area contributed by atoms with E-state index in [1.54, 1.807) is 11.1 Å². The van der Waals surface area contributed by atoms with Crippen LogP contribution in [0, 0.1) is 0 Å². The summed E-state index contributed by atoms with van der Waals surface area (Å²) in [5.74, 6) is 2.74. The highest BCUT2D eigenvalue weighted by atomic mass is 14.2. The molecule has 0 fully saturated rings. The van der Waals surface area contributed by atoms with Gasteiger partial charge in [-0.15, -0.1) is 0 Å². The van der Waals surface area contributed by atoms with Gasteiger partial charge < -0.3 is 0 Å². The largest absolute Gasteiger partial charge is 0.0835 e. The topological polar surface area (TPSA) is 0 Å². The van der Waals surface area contributed by atoms with Crippen molar-refractivity contribution >= 4 is 17.7 Å². The van der Waals surface area contributed by atoms with Crippen molar-refractivity contribution in [2.24, 2.45) is 0 Å². The van der Waals surface area contributed by atoms with E-state index in [0.717, 1.165) is 18.8 Å². The van der Waals surface area contributed by atoms with E-state index in [1.807, 2.05) is 0 Å². The molecule has 10 rings (SSSR count). The fraction of sp³-hybridized carbons (Fsp3) is 0.269. The van der Waals surface area contributed by atoms with E-state index in [1.165, 1.54) is 69.3 Å². The van der Waals surface area contributed by atoms with Crippen molar-refractivity contribution in [2.45, 2.75) is 90.4 Å². The van der Waals surface area contributed by atoms with E-state index in [0.29, 0.717) is 17.8 Å². The molecule has 0 heterocycles. The van der Waals surface area contributed by atoms with E-state index < -0.39 is 0 Å². The van der Waals surface area contributed by atoms with Gasteiger partial charge in [0.15, 0.2) is 0 Å². The van der Waals surface area contributed by atoms with Crippen LogP contribution in [0.1, 0.15) is 127 Å². The van der Waals surface area contributed by atoms with Crippen LogP contribution < -0.4 is 0 Å². The molecule has 5 aliphatic carbocycles. The van der Waals surface area contributed by atoms with Crippen molar-refractivity contribution in [1.29, 1.82) is 0 Å². The highest BCUT2D eigenvalue weighted by molar-refractivity contribution is 5.71. The first-order chi connectivity index (χ1) is 25.4. The quantitative estimate of drug-likeness (QED) is 0.143. The van der Waals surface area contributed by atoms with Crippen molar-refractivity contribution in [1.82, 2.24) is 0 Å². The van der Waals surface area contributed by atoms with E-state index in [2.05, 4.69) is 198 Å². The maximum absolute atomic E-state index is 2.31. The summed E-state index contributed by atoms with van der Waals surface area (Å²) in [6.07, 6.45) is 21.8. The first kappa shape index (κ1) is 36.8. The minimum atomic E-state index is 0.611. The second-order valence-electron chi connectivity index (χ2n) is 15.0. The molecule has 0 amide bonds. The second-order valence-corrected chi connectivity index (χ2v) is 15.0. The highest BCUT2D eigenvalue weighted by Gasteiger charge is 2.16. The van der Waals surface area contributed by atoms with Crippen LogP contribution in [0.25, 0.3) is 17.7 Å². The van der Waals surface area contributed by atoms with Crippen LogP contribution in [0.3, 0.4) is 0 Å². The lowest BCUT2D eigenvalue weighted by molar-refractivity contribution is 0.747. The number of fused-ring (bicyclic) bond motifs is 5. The molecule has 52 heavy (non-hydrogen) atoms. The molecule has 264 valence electrons. The van der Waals surface area contributed by atoms with Gasteiger partial charge >= 0.3 is 0 Å². The highest BCUT2D eigenvalue weighted by Crippen LogP contribution is 2.32. The normalized spacial score (nSPS) is 20.3. The molecule has 0 spiro atoms. The van der Waals surface area contributed by atoms with E-state index in [-0.39, 0.29) is 0 Å². The Balaban J connectivity index is 0.000000112. The van der Waals surface area contributed by atoms with Gasteiger partial charge in [0, 0.05) is 0 Å². The maximum Gasteiger partial charge on any atom is -0.000118 e. The maximum atomic E-state index is 2.31. The zero-order valence-electron chi connectivity index (χ0n) is 31.9. The molecule has 0 N–H and O–H groups in total. The Hall–Kier alpha value is -4.94. The summed E-state index contributed by atoms with van der Waals surface area (Å²) in [6.45, 7) is 11.2. The molecule has 0 radical (unpaired) electrons. The Kier molecular flexibility index (Phi) is 12.8. The molecule has 5 aromatic rings. The average Bonchev–Trinajstić information content (AvgIpc) is 3.89. The molecule has 5 aliphatic rings. The lowest BCUT2D eigenvalue weighted by atomic mass is 9.89. The number of allylic oxidation sites excluding steroid dienone is 6. The van der Waals surface area contributed by atoms with Crippen LogP contribution in [-0.4, -0.2) is 0 Å². The fourth-order valence-electron chi connectivity index (χ4n) is 7.96. The molecular weight excluding hydrogens is 625 g/mol. The molecule has 4 atom stereocenters. The zero-order chi connectivity index (χ0) is 36.3. The summed E-state index contributed by atoms with van der Waals surface area (Å²) >= 11 is 0. The minimum absolute atomic E-state index is 0.611. The smallest absolute Gasteiger partial charge is 0.000118 e. The Morgan fingerprint density at radius 1 is 0.462 bits per heavy atom. The summed E-state index contributed by atoms with van der Waals surface area (Å²) in [7, 11) is 0. The number of rotatable bonds is 0. The van der Waals surface area contributed by atoms with Crippen molar-refractivity contribution in [2.75, 3.05) is 0 Å². The lowest BCUT2D eigenvalue weighted by Gasteiger charge is -2.16. The molecule has 0 saturated carbocycles. The van der Waals surface area contributed by atoms with Gasteiger partial charge in [0.25, 0.3) is 0 Å². The van der Waals surface area contributed by atoms with E-state index >= 15 is 0 Å². The third kappa shape index (κ3) is 9.29. The number of aryl methyl sites for hydroxylation is 1. The molecule has 0 saturated heterocycles. The first-order valence-corrected chi connectivity index (χ1v) is 19.5. The lowest BCUT2D eigenvalue weighted by Crippen LogP contribution is -2.00. The van der Waals surface area contributed by atoms with Crippen LogP contribution in [0.5, 0.6) is 0 Å². The molecular formula is C52H56. The summed E-state index contributed by atoms with van der Waals surface area (Å²) in [4.78, 5) is 0. The molecule has 0 nitrogen and oxygen atoms in total. The Bertz CT molecular complexity index is 2040. The first-order valence-electron chi connectivity index (χ1n) is 19.5. The van der Waals surface area contributed by atoms with Crippen molar-refractivity contribution in [3.63, 3.8) is 0 Å². The molecule has 0 aliphatic heterocycles. The summed E-state index contributed by atoms with van der Waals surface area (Å²) < 4.78 is 0. The monoisotopic (exact) mass is 680 g/mol. The van der Waals surface area contributed by atoms with Gasteiger partial charge in [0.05, 0.1) is 0 Å². The van der Waals surface area contributed by atoms with Crippen LogP contribution in [0.15, 0.2) is 152 Å². The standard InChI is InChI=1S/2C11H12.C10H12.2C10H10/c2*1-9-5-4-7-10-6-2-3-8-11(9)10;3*1-8-6-7-9-4-2-3-5-10(8)9/h2-4,6-9H,5H2,1H3;2-6,8-9H,7H2,1H3;2-5,8H,6-7H2,1H3;2-6H,7H2,1H3;2-8H,1H3. The molecule has 0 bridgehead atoms. The van der Waals surface area contributed by atoms with E-state index in [9.17, 15) is 0 Å². The number of hydrogen-bond acceptors (Lipinski definition) is 0. The molecule has 4 unspecified atom stereocenters. The van der Waals surface area contributed by atoms with Crippen LogP contribution in [-0.2, 0) is 19.3 Å². The van der Waals surface area contributed by atoms with Crippen LogP contribution in [0.2, 0.25) is 0 Å². The Labute approximate surface area is 314 Å². The van der Waals surface area contributed by atoms with Gasteiger partial charge in [-0.05, 0) is 124 Å². The average molecular weight is 681 g/mol. The third-order valence-electron chi connectivity index (χ3n) is 11.2. The fourth-order valence-corrected chi connectivity index (χ4v) is 7.96. The number of benzene rings is 5. The summed E-state index contributed by atoms with van der Waals surface area (Å²) in [6, 6.07) is 43.2. The SMILES string of the molecule is CC1=CCc2ccccc21.CC1C=CCc2ccccc21.CC1C=Cc2ccccc21.CC1CC=Cc2ccccc21.CC1CCc2ccccc21. The van der Waals surface area contributed by atoms with Crippen molar-refractivity contribution in [3.8, 4) is 0 Å². The van der Waals surface area contributed by atoms with Crippen molar-refractivity contribution in [3.05, 3.63) is 207 Å². The van der Waals surface area contributed by atoms with E-state index in [4.69, 9.17) is 0 Å². The van der Waals surface area contributed by atoms with Gasteiger partial charge in [0.1, 0.15) is 0 Å². The predicted octanol–water partition coefficient (Wildman–Crippen LogP) is 14.3. The van der Waals surface area contributed by atoms with Gasteiger partial charge in [-0.25, -0.2) is 0 Å². The predicted molar refractivity (Wildman–Crippen MR) is 227 cm³/mol. The Morgan fingerprint density at radius 3 is 1.71 bits per heavy atom.